The minimum atomic E-state index is -1.28. The first-order chi connectivity index (χ1) is 9.71. The molecule has 5 heteroatoms. The van der Waals surface area contributed by atoms with Crippen molar-refractivity contribution in [1.82, 2.24) is 0 Å². The number of carbonyl (C=O) groups excluding carboxylic acids is 1. The van der Waals surface area contributed by atoms with E-state index in [9.17, 15) is 15.0 Å². The van der Waals surface area contributed by atoms with Crippen LogP contribution in [0, 0.1) is 5.41 Å². The summed E-state index contributed by atoms with van der Waals surface area (Å²) in [6.45, 7) is 6.79. The number of ether oxygens (including phenoxy) is 2. The summed E-state index contributed by atoms with van der Waals surface area (Å²) in [5.41, 5.74) is -2.13. The van der Waals surface area contributed by atoms with Crippen molar-refractivity contribution in [2.75, 3.05) is 14.2 Å². The van der Waals surface area contributed by atoms with E-state index >= 15 is 0 Å². The highest BCUT2D eigenvalue weighted by atomic mass is 16.5. The predicted molar refractivity (Wildman–Crippen MR) is 79.4 cm³/mol. The number of aliphatic hydroxyl groups is 2. The predicted octanol–water partition coefficient (Wildman–Crippen LogP) is 1.71. The van der Waals surface area contributed by atoms with Gasteiger partial charge in [0.15, 0.2) is 5.78 Å². The van der Waals surface area contributed by atoms with Gasteiger partial charge in [0.05, 0.1) is 31.3 Å². The Kier molecular flexibility index (Phi) is 5.36. The highest BCUT2D eigenvalue weighted by Crippen LogP contribution is 2.47. The summed E-state index contributed by atoms with van der Waals surface area (Å²) >= 11 is 0. The molecule has 0 fully saturated rings. The summed E-state index contributed by atoms with van der Waals surface area (Å²) in [6, 6.07) is 0. The van der Waals surface area contributed by atoms with Gasteiger partial charge in [-0.15, -0.1) is 6.58 Å². The Labute approximate surface area is 125 Å². The molecule has 21 heavy (non-hydrogen) atoms. The number of aliphatic hydroxyl groups excluding tert-OH is 1. The van der Waals surface area contributed by atoms with Crippen molar-refractivity contribution in [2.45, 2.75) is 38.4 Å². The van der Waals surface area contributed by atoms with E-state index in [2.05, 4.69) is 6.58 Å². The molecule has 0 radical (unpaired) electrons. The largest absolute Gasteiger partial charge is 0.500 e. The maximum Gasteiger partial charge on any atom is 0.185 e. The van der Waals surface area contributed by atoms with Gasteiger partial charge in [-0.3, -0.25) is 4.79 Å². The first-order valence-electron chi connectivity index (χ1n) is 6.79. The highest BCUT2D eigenvalue weighted by molar-refractivity contribution is 6.01. The fourth-order valence-electron chi connectivity index (χ4n) is 2.52. The molecule has 0 aliphatic heterocycles. The van der Waals surface area contributed by atoms with Gasteiger partial charge in [0, 0.05) is 12.2 Å². The molecule has 0 saturated heterocycles. The van der Waals surface area contributed by atoms with Gasteiger partial charge in [0.2, 0.25) is 0 Å². The second-order valence-corrected chi connectivity index (χ2v) is 5.78. The lowest BCUT2D eigenvalue weighted by molar-refractivity contribution is -0.111. The van der Waals surface area contributed by atoms with E-state index < -0.39 is 17.1 Å². The Morgan fingerprint density at radius 1 is 1.33 bits per heavy atom. The molecule has 0 bridgehead atoms. The normalized spacial score (nSPS) is 19.4. The Hall–Kier alpha value is -1.59. The fraction of sp³-hybridized carbons (Fsp3) is 0.562. The van der Waals surface area contributed by atoms with Crippen molar-refractivity contribution in [2.24, 2.45) is 5.41 Å². The molecule has 1 aliphatic rings. The van der Waals surface area contributed by atoms with Crippen LogP contribution in [-0.2, 0) is 14.3 Å². The molecule has 0 aromatic carbocycles. The molecule has 0 unspecified atom stereocenters. The highest BCUT2D eigenvalue weighted by Gasteiger charge is 2.46. The summed E-state index contributed by atoms with van der Waals surface area (Å²) < 4.78 is 10.7. The van der Waals surface area contributed by atoms with Gasteiger partial charge < -0.3 is 19.7 Å². The van der Waals surface area contributed by atoms with Crippen molar-refractivity contribution in [3.05, 3.63) is 36.3 Å². The molecule has 5 nitrogen and oxygen atoms in total. The van der Waals surface area contributed by atoms with Crippen LogP contribution in [0.3, 0.4) is 0 Å². The second kappa shape index (κ2) is 6.45. The summed E-state index contributed by atoms with van der Waals surface area (Å²) in [5, 5.41) is 20.3. The maximum atomic E-state index is 11.7. The molecule has 0 aromatic rings. The van der Waals surface area contributed by atoms with Gasteiger partial charge in [-0.05, 0) is 26.7 Å². The molecule has 0 aromatic heterocycles. The van der Waals surface area contributed by atoms with Crippen molar-refractivity contribution < 1.29 is 24.5 Å². The molecule has 1 atom stereocenters. The van der Waals surface area contributed by atoms with Crippen LogP contribution in [0.2, 0.25) is 0 Å². The van der Waals surface area contributed by atoms with Crippen LogP contribution < -0.4 is 0 Å². The lowest BCUT2D eigenvalue weighted by Crippen LogP contribution is -2.43. The average molecular weight is 296 g/mol. The van der Waals surface area contributed by atoms with Gasteiger partial charge in [0.25, 0.3) is 0 Å². The van der Waals surface area contributed by atoms with Gasteiger partial charge in [-0.1, -0.05) is 6.08 Å². The third kappa shape index (κ3) is 3.54. The van der Waals surface area contributed by atoms with E-state index in [1.165, 1.54) is 40.2 Å². The lowest BCUT2D eigenvalue weighted by atomic mass is 9.71. The zero-order valence-corrected chi connectivity index (χ0v) is 13.0. The summed E-state index contributed by atoms with van der Waals surface area (Å²) in [5.74, 6) is 0.561. The van der Waals surface area contributed by atoms with Gasteiger partial charge in [-0.2, -0.15) is 0 Å². The number of hydrogen-bond acceptors (Lipinski definition) is 5. The van der Waals surface area contributed by atoms with E-state index in [0.717, 1.165) is 0 Å². The van der Waals surface area contributed by atoms with Crippen molar-refractivity contribution in [3.8, 4) is 0 Å². The summed E-state index contributed by atoms with van der Waals surface area (Å²) in [4.78, 5) is 11.7. The van der Waals surface area contributed by atoms with Gasteiger partial charge >= 0.3 is 0 Å². The standard InChI is InChI=1S/C16H24O5/c1-6-7-16(10-12(18)15(2,3)19)13(20-4)8-11(17)9-14(16)21-5/h6,8-9,12,18-19H,1,7,10H2,2-5H3/t12-/m1/s1. The smallest absolute Gasteiger partial charge is 0.185 e. The Morgan fingerprint density at radius 2 is 1.81 bits per heavy atom. The number of ketones is 1. The summed E-state index contributed by atoms with van der Waals surface area (Å²) in [7, 11) is 2.93. The molecule has 2 N–H and O–H groups in total. The Balaban J connectivity index is 3.33. The van der Waals surface area contributed by atoms with Crippen LogP contribution in [0.5, 0.6) is 0 Å². The molecule has 0 heterocycles. The van der Waals surface area contributed by atoms with E-state index in [-0.39, 0.29) is 12.2 Å². The number of allylic oxidation sites excluding steroid dienone is 3. The summed E-state index contributed by atoms with van der Waals surface area (Å²) in [6.07, 6.45) is 3.96. The van der Waals surface area contributed by atoms with E-state index in [0.29, 0.717) is 17.9 Å². The zero-order chi connectivity index (χ0) is 16.3. The third-order valence-electron chi connectivity index (χ3n) is 3.78. The topological polar surface area (TPSA) is 76.0 Å². The third-order valence-corrected chi connectivity index (χ3v) is 3.78. The second-order valence-electron chi connectivity index (χ2n) is 5.78. The zero-order valence-electron chi connectivity index (χ0n) is 13.0. The molecule has 0 spiro atoms. The van der Waals surface area contributed by atoms with Crippen LogP contribution in [0.15, 0.2) is 36.3 Å². The van der Waals surface area contributed by atoms with E-state index in [1.54, 1.807) is 6.08 Å². The average Bonchev–Trinajstić information content (AvgIpc) is 2.39. The van der Waals surface area contributed by atoms with Crippen LogP contribution in [0.1, 0.15) is 26.7 Å². The van der Waals surface area contributed by atoms with Crippen molar-refractivity contribution >= 4 is 5.78 Å². The monoisotopic (exact) mass is 296 g/mol. The van der Waals surface area contributed by atoms with Gasteiger partial charge in [0.1, 0.15) is 11.5 Å². The van der Waals surface area contributed by atoms with Crippen LogP contribution >= 0.6 is 0 Å². The molecular formula is C16H24O5. The molecule has 1 aliphatic carbocycles. The molecular weight excluding hydrogens is 272 g/mol. The van der Waals surface area contributed by atoms with E-state index in [4.69, 9.17) is 9.47 Å². The number of methoxy groups -OCH3 is 2. The van der Waals surface area contributed by atoms with Crippen molar-refractivity contribution in [1.29, 1.82) is 0 Å². The maximum absolute atomic E-state index is 11.7. The van der Waals surface area contributed by atoms with E-state index in [1.807, 2.05) is 0 Å². The quantitative estimate of drug-likeness (QED) is 0.700. The fourth-order valence-corrected chi connectivity index (χ4v) is 2.52. The van der Waals surface area contributed by atoms with Gasteiger partial charge in [-0.25, -0.2) is 0 Å². The number of rotatable bonds is 7. The number of hydrogen-bond donors (Lipinski definition) is 2. The first kappa shape index (κ1) is 17.5. The van der Waals surface area contributed by atoms with Crippen LogP contribution in [0.25, 0.3) is 0 Å². The molecule has 0 saturated carbocycles. The van der Waals surface area contributed by atoms with Crippen LogP contribution in [-0.4, -0.2) is 41.9 Å². The minimum absolute atomic E-state index is 0.148. The first-order valence-corrected chi connectivity index (χ1v) is 6.79. The molecule has 0 amide bonds. The lowest BCUT2D eigenvalue weighted by Gasteiger charge is -2.40. The van der Waals surface area contributed by atoms with Crippen LogP contribution in [0.4, 0.5) is 0 Å². The molecule has 118 valence electrons. The SMILES string of the molecule is C=CCC1(C[C@@H](O)C(C)(C)O)C(OC)=CC(=O)C=C1OC. The molecule has 1 rings (SSSR count). The number of carbonyl (C=O) groups is 1. The minimum Gasteiger partial charge on any atom is -0.500 e. The Bertz CT molecular complexity index is 444. The Morgan fingerprint density at radius 3 is 2.14 bits per heavy atom. The van der Waals surface area contributed by atoms with Crippen molar-refractivity contribution in [3.63, 3.8) is 0 Å².